The molecule has 0 bridgehead atoms. The van der Waals surface area contributed by atoms with E-state index < -0.39 is 0 Å². The van der Waals surface area contributed by atoms with Gasteiger partial charge in [0.2, 0.25) is 0 Å². The molecule has 1 atom stereocenters. The number of aryl methyl sites for hydroxylation is 1. The SMILES string of the molecule is CN[C@H](CCCc1ccoc1)c1ccccc1. The second-order valence-electron chi connectivity index (χ2n) is 4.28. The lowest BCUT2D eigenvalue weighted by Crippen LogP contribution is -2.16. The van der Waals surface area contributed by atoms with Gasteiger partial charge in [-0.25, -0.2) is 0 Å². The molecule has 0 fully saturated rings. The molecular formula is C15H19NO. The maximum absolute atomic E-state index is 5.07. The van der Waals surface area contributed by atoms with Crippen LogP contribution in [0.4, 0.5) is 0 Å². The fourth-order valence-electron chi connectivity index (χ4n) is 2.11. The maximum Gasteiger partial charge on any atom is 0.0934 e. The van der Waals surface area contributed by atoms with Crippen molar-refractivity contribution in [3.8, 4) is 0 Å². The molecule has 0 aliphatic heterocycles. The Balaban J connectivity index is 1.84. The molecule has 2 rings (SSSR count). The fraction of sp³-hybridized carbons (Fsp3) is 0.333. The van der Waals surface area contributed by atoms with Crippen LogP contribution in [0.25, 0.3) is 0 Å². The standard InChI is InChI=1S/C15H19NO/c1-16-15(14-7-3-2-4-8-14)9-5-6-13-10-11-17-12-13/h2-4,7-8,10-12,15-16H,5-6,9H2,1H3/t15-/m1/s1. The summed E-state index contributed by atoms with van der Waals surface area (Å²) < 4.78 is 5.07. The van der Waals surface area contributed by atoms with Gasteiger partial charge in [-0.15, -0.1) is 0 Å². The van der Waals surface area contributed by atoms with Gasteiger partial charge in [-0.3, -0.25) is 0 Å². The maximum atomic E-state index is 5.07. The van der Waals surface area contributed by atoms with Crippen molar-refractivity contribution in [2.24, 2.45) is 0 Å². The Morgan fingerprint density at radius 1 is 1.18 bits per heavy atom. The largest absolute Gasteiger partial charge is 0.472 e. The first kappa shape index (κ1) is 11.9. The van der Waals surface area contributed by atoms with Crippen molar-refractivity contribution in [3.05, 3.63) is 60.1 Å². The Labute approximate surface area is 103 Å². The molecule has 0 aliphatic rings. The molecule has 2 aromatic rings. The van der Waals surface area contributed by atoms with E-state index in [4.69, 9.17) is 4.42 Å². The molecule has 90 valence electrons. The van der Waals surface area contributed by atoms with E-state index in [1.807, 2.05) is 19.4 Å². The molecule has 2 heteroatoms. The number of nitrogens with one attached hydrogen (secondary N) is 1. The van der Waals surface area contributed by atoms with Gasteiger partial charge in [0.05, 0.1) is 12.5 Å². The minimum atomic E-state index is 0.447. The van der Waals surface area contributed by atoms with Crippen LogP contribution in [0, 0.1) is 0 Å². The van der Waals surface area contributed by atoms with Crippen LogP contribution in [0.15, 0.2) is 53.3 Å². The van der Waals surface area contributed by atoms with E-state index >= 15 is 0 Å². The zero-order valence-electron chi connectivity index (χ0n) is 10.2. The molecule has 0 aliphatic carbocycles. The zero-order valence-corrected chi connectivity index (χ0v) is 10.2. The molecule has 0 saturated carbocycles. The Morgan fingerprint density at radius 2 is 2.00 bits per heavy atom. The Bertz CT molecular complexity index is 408. The third-order valence-corrected chi connectivity index (χ3v) is 3.09. The van der Waals surface area contributed by atoms with E-state index in [1.54, 1.807) is 6.26 Å². The fourth-order valence-corrected chi connectivity index (χ4v) is 2.11. The molecule has 1 aromatic heterocycles. The average molecular weight is 229 g/mol. The summed E-state index contributed by atoms with van der Waals surface area (Å²) in [5.74, 6) is 0. The monoisotopic (exact) mass is 229 g/mol. The summed E-state index contributed by atoms with van der Waals surface area (Å²) in [6.07, 6.45) is 6.96. The van der Waals surface area contributed by atoms with Crippen molar-refractivity contribution in [2.45, 2.75) is 25.3 Å². The number of benzene rings is 1. The summed E-state index contributed by atoms with van der Waals surface area (Å²) in [5.41, 5.74) is 2.65. The van der Waals surface area contributed by atoms with Gasteiger partial charge in [0, 0.05) is 6.04 Å². The predicted molar refractivity (Wildman–Crippen MR) is 69.9 cm³/mol. The molecule has 0 amide bonds. The smallest absolute Gasteiger partial charge is 0.0934 e. The summed E-state index contributed by atoms with van der Waals surface area (Å²) in [6.45, 7) is 0. The first-order chi connectivity index (χ1) is 8.40. The lowest BCUT2D eigenvalue weighted by molar-refractivity contribution is 0.523. The van der Waals surface area contributed by atoms with Crippen molar-refractivity contribution in [1.29, 1.82) is 0 Å². The van der Waals surface area contributed by atoms with Crippen LogP contribution in [0.3, 0.4) is 0 Å². The van der Waals surface area contributed by atoms with Crippen LogP contribution >= 0.6 is 0 Å². The van der Waals surface area contributed by atoms with Gasteiger partial charge in [0.15, 0.2) is 0 Å². The second-order valence-corrected chi connectivity index (χ2v) is 4.28. The lowest BCUT2D eigenvalue weighted by atomic mass is 10.00. The highest BCUT2D eigenvalue weighted by Gasteiger charge is 2.08. The lowest BCUT2D eigenvalue weighted by Gasteiger charge is -2.16. The van der Waals surface area contributed by atoms with Gasteiger partial charge in [-0.1, -0.05) is 30.3 Å². The number of furan rings is 1. The van der Waals surface area contributed by atoms with E-state index in [1.165, 1.54) is 17.5 Å². The Morgan fingerprint density at radius 3 is 2.65 bits per heavy atom. The van der Waals surface area contributed by atoms with Gasteiger partial charge in [-0.2, -0.15) is 0 Å². The minimum Gasteiger partial charge on any atom is -0.472 e. The number of hydrogen-bond donors (Lipinski definition) is 1. The quantitative estimate of drug-likeness (QED) is 0.819. The van der Waals surface area contributed by atoms with E-state index in [9.17, 15) is 0 Å². The Hall–Kier alpha value is -1.54. The van der Waals surface area contributed by atoms with Crippen LogP contribution < -0.4 is 5.32 Å². The van der Waals surface area contributed by atoms with Gasteiger partial charge >= 0.3 is 0 Å². The summed E-state index contributed by atoms with van der Waals surface area (Å²) >= 11 is 0. The molecule has 1 aromatic carbocycles. The molecular weight excluding hydrogens is 210 g/mol. The molecule has 2 nitrogen and oxygen atoms in total. The molecule has 1 N–H and O–H groups in total. The first-order valence-corrected chi connectivity index (χ1v) is 6.13. The summed E-state index contributed by atoms with van der Waals surface area (Å²) in [7, 11) is 2.02. The van der Waals surface area contributed by atoms with Crippen molar-refractivity contribution in [1.82, 2.24) is 5.32 Å². The first-order valence-electron chi connectivity index (χ1n) is 6.13. The van der Waals surface area contributed by atoms with Crippen LogP contribution in [-0.4, -0.2) is 7.05 Å². The molecule has 17 heavy (non-hydrogen) atoms. The van der Waals surface area contributed by atoms with E-state index in [0.717, 1.165) is 12.8 Å². The highest BCUT2D eigenvalue weighted by molar-refractivity contribution is 5.18. The highest BCUT2D eigenvalue weighted by Crippen LogP contribution is 2.19. The molecule has 0 radical (unpaired) electrons. The van der Waals surface area contributed by atoms with Crippen molar-refractivity contribution < 1.29 is 4.42 Å². The molecule has 0 unspecified atom stereocenters. The third kappa shape index (κ3) is 3.46. The molecule has 0 spiro atoms. The number of rotatable bonds is 6. The van der Waals surface area contributed by atoms with E-state index in [2.05, 4.69) is 35.6 Å². The van der Waals surface area contributed by atoms with Crippen LogP contribution in [-0.2, 0) is 6.42 Å². The van der Waals surface area contributed by atoms with E-state index in [-0.39, 0.29) is 0 Å². The van der Waals surface area contributed by atoms with Crippen molar-refractivity contribution >= 4 is 0 Å². The van der Waals surface area contributed by atoms with Crippen molar-refractivity contribution in [2.75, 3.05) is 7.05 Å². The topological polar surface area (TPSA) is 25.2 Å². The van der Waals surface area contributed by atoms with Gasteiger partial charge < -0.3 is 9.73 Å². The van der Waals surface area contributed by atoms with Crippen LogP contribution in [0.5, 0.6) is 0 Å². The minimum absolute atomic E-state index is 0.447. The second kappa shape index (κ2) is 6.26. The average Bonchev–Trinajstić information content (AvgIpc) is 2.89. The summed E-state index contributed by atoms with van der Waals surface area (Å²) in [5, 5.41) is 3.38. The zero-order chi connectivity index (χ0) is 11.9. The van der Waals surface area contributed by atoms with Gasteiger partial charge in [-0.05, 0) is 43.5 Å². The third-order valence-electron chi connectivity index (χ3n) is 3.09. The van der Waals surface area contributed by atoms with Gasteiger partial charge in [0.1, 0.15) is 0 Å². The van der Waals surface area contributed by atoms with Crippen LogP contribution in [0.2, 0.25) is 0 Å². The van der Waals surface area contributed by atoms with Gasteiger partial charge in [0.25, 0.3) is 0 Å². The highest BCUT2D eigenvalue weighted by atomic mass is 16.3. The molecule has 1 heterocycles. The van der Waals surface area contributed by atoms with E-state index in [0.29, 0.717) is 6.04 Å². The van der Waals surface area contributed by atoms with Crippen molar-refractivity contribution in [3.63, 3.8) is 0 Å². The molecule has 0 saturated heterocycles. The summed E-state index contributed by atoms with van der Waals surface area (Å²) in [4.78, 5) is 0. The Kier molecular flexibility index (Phi) is 4.39. The normalized spacial score (nSPS) is 12.5. The summed E-state index contributed by atoms with van der Waals surface area (Å²) in [6, 6.07) is 13.1. The number of hydrogen-bond acceptors (Lipinski definition) is 2. The van der Waals surface area contributed by atoms with Crippen LogP contribution in [0.1, 0.15) is 30.0 Å². The predicted octanol–water partition coefficient (Wildman–Crippen LogP) is 3.56.